The molecule has 0 aliphatic carbocycles. The van der Waals surface area contributed by atoms with Crippen molar-refractivity contribution in [3.8, 4) is 0 Å². The highest BCUT2D eigenvalue weighted by Gasteiger charge is 2.24. The van der Waals surface area contributed by atoms with Gasteiger partial charge in [-0.1, -0.05) is 0 Å². The van der Waals surface area contributed by atoms with Gasteiger partial charge in [0.25, 0.3) is 0 Å². The lowest BCUT2D eigenvalue weighted by Gasteiger charge is -2.10. The molecule has 0 amide bonds. The summed E-state index contributed by atoms with van der Waals surface area (Å²) in [4.78, 5) is 23.0. The van der Waals surface area contributed by atoms with Gasteiger partial charge in [-0.25, -0.2) is 4.79 Å². The molecule has 0 aliphatic rings. The molecule has 0 aromatic heterocycles. The first-order valence-electron chi connectivity index (χ1n) is 4.48. The van der Waals surface area contributed by atoms with Gasteiger partial charge in [0.2, 0.25) is 0 Å². The van der Waals surface area contributed by atoms with Gasteiger partial charge in [-0.3, -0.25) is 4.79 Å². The number of rotatable bonds is 7. The van der Waals surface area contributed by atoms with E-state index in [1.165, 1.54) is 28.4 Å². The van der Waals surface area contributed by atoms with Crippen LogP contribution in [0.15, 0.2) is 11.3 Å². The van der Waals surface area contributed by atoms with Crippen LogP contribution in [0, 0.1) is 0 Å². The normalized spacial score (nSPS) is 11.8. The molecule has 0 saturated heterocycles. The van der Waals surface area contributed by atoms with Gasteiger partial charge in [0.1, 0.15) is 24.5 Å². The lowest BCUT2D eigenvalue weighted by molar-refractivity contribution is -0.138. The molecule has 0 spiro atoms. The number of carbonyl (C=O) groups is 2. The molecule has 16 heavy (non-hydrogen) atoms. The second-order valence-electron chi connectivity index (χ2n) is 2.78. The van der Waals surface area contributed by atoms with Crippen LogP contribution >= 0.6 is 0 Å². The number of hydrogen-bond donors (Lipinski definition) is 0. The van der Waals surface area contributed by atoms with Gasteiger partial charge < -0.3 is 18.9 Å². The van der Waals surface area contributed by atoms with E-state index < -0.39 is 11.8 Å². The fourth-order valence-electron chi connectivity index (χ4n) is 1.05. The number of esters is 1. The van der Waals surface area contributed by atoms with Gasteiger partial charge in [0.05, 0.1) is 14.2 Å². The van der Waals surface area contributed by atoms with Gasteiger partial charge in [-0.15, -0.1) is 0 Å². The summed E-state index contributed by atoms with van der Waals surface area (Å²) >= 11 is 0. The minimum atomic E-state index is -0.768. The molecule has 6 heteroatoms. The van der Waals surface area contributed by atoms with Crippen molar-refractivity contribution in [3.63, 3.8) is 0 Å². The van der Waals surface area contributed by atoms with Crippen LogP contribution in [0.3, 0.4) is 0 Å². The molecule has 0 bridgehead atoms. The average molecular weight is 232 g/mol. The molecule has 92 valence electrons. The summed E-state index contributed by atoms with van der Waals surface area (Å²) in [5.74, 6) is -1.16. The van der Waals surface area contributed by atoms with E-state index in [9.17, 15) is 9.59 Å². The number of ketones is 1. The molecule has 0 aromatic rings. The van der Waals surface area contributed by atoms with Crippen molar-refractivity contribution in [2.75, 3.05) is 41.7 Å². The van der Waals surface area contributed by atoms with Gasteiger partial charge in [-0.2, -0.15) is 0 Å². The molecule has 0 radical (unpaired) electrons. The highest BCUT2D eigenvalue weighted by atomic mass is 16.5. The van der Waals surface area contributed by atoms with Gasteiger partial charge >= 0.3 is 5.97 Å². The Morgan fingerprint density at radius 1 is 0.875 bits per heavy atom. The van der Waals surface area contributed by atoms with E-state index in [1.807, 2.05) is 0 Å². The van der Waals surface area contributed by atoms with Gasteiger partial charge in [0.15, 0.2) is 5.78 Å². The fraction of sp³-hybridized carbons (Fsp3) is 0.600. The molecule has 0 N–H and O–H groups in total. The van der Waals surface area contributed by atoms with Crippen LogP contribution in [-0.4, -0.2) is 53.4 Å². The van der Waals surface area contributed by atoms with Gasteiger partial charge in [-0.05, 0) is 0 Å². The van der Waals surface area contributed by atoms with E-state index in [4.69, 9.17) is 9.47 Å². The Labute approximate surface area is 94.1 Å². The van der Waals surface area contributed by atoms with Crippen LogP contribution in [0.25, 0.3) is 0 Å². The number of methoxy groups -OCH3 is 4. The summed E-state index contributed by atoms with van der Waals surface area (Å²) in [5, 5.41) is 0. The summed E-state index contributed by atoms with van der Waals surface area (Å²) in [6.07, 6.45) is 0. The number of ether oxygens (including phenoxy) is 4. The summed E-state index contributed by atoms with van der Waals surface area (Å²) in [6, 6.07) is 0. The second kappa shape index (κ2) is 7.84. The third kappa shape index (κ3) is 4.00. The predicted octanol–water partition coefficient (Wildman–Crippen LogP) is -0.0782. The lowest BCUT2D eigenvalue weighted by Crippen LogP contribution is -2.22. The monoisotopic (exact) mass is 232 g/mol. The summed E-state index contributed by atoms with van der Waals surface area (Å²) in [7, 11) is 5.31. The molecule has 0 aliphatic heterocycles. The molecular weight excluding hydrogens is 216 g/mol. The summed E-state index contributed by atoms with van der Waals surface area (Å²) in [6.45, 7) is -0.211. The Morgan fingerprint density at radius 2 is 1.44 bits per heavy atom. The SMILES string of the molecule is COCC(=O)C(C(=O)OC)=C(COC)OC. The van der Waals surface area contributed by atoms with E-state index in [2.05, 4.69) is 9.47 Å². The van der Waals surface area contributed by atoms with Crippen LogP contribution in [-0.2, 0) is 28.5 Å². The van der Waals surface area contributed by atoms with Gasteiger partial charge in [0, 0.05) is 14.2 Å². The minimum Gasteiger partial charge on any atom is -0.498 e. The predicted molar refractivity (Wildman–Crippen MR) is 54.8 cm³/mol. The molecule has 0 atom stereocenters. The van der Waals surface area contributed by atoms with Crippen LogP contribution in [0.5, 0.6) is 0 Å². The zero-order valence-corrected chi connectivity index (χ0v) is 9.86. The third-order valence-corrected chi connectivity index (χ3v) is 1.74. The van der Waals surface area contributed by atoms with Crippen molar-refractivity contribution in [3.05, 3.63) is 11.3 Å². The zero-order valence-electron chi connectivity index (χ0n) is 9.86. The molecule has 0 unspecified atom stereocenters. The second-order valence-corrected chi connectivity index (χ2v) is 2.78. The number of Topliss-reactive ketones (excluding diaryl/α,β-unsaturated/α-hetero) is 1. The van der Waals surface area contributed by atoms with E-state index >= 15 is 0 Å². The largest absolute Gasteiger partial charge is 0.498 e. The Hall–Kier alpha value is -1.40. The van der Waals surface area contributed by atoms with E-state index in [1.54, 1.807) is 0 Å². The maximum atomic E-state index is 11.6. The first-order valence-corrected chi connectivity index (χ1v) is 4.48. The molecule has 0 fully saturated rings. The van der Waals surface area contributed by atoms with Crippen LogP contribution in [0.4, 0.5) is 0 Å². The van der Waals surface area contributed by atoms with Crippen molar-refractivity contribution in [2.24, 2.45) is 0 Å². The Balaban J connectivity index is 5.17. The van der Waals surface area contributed by atoms with E-state index in [0.717, 1.165) is 0 Å². The Kier molecular flexibility index (Phi) is 7.15. The molecular formula is C10H16O6. The smallest absolute Gasteiger partial charge is 0.345 e. The fourth-order valence-corrected chi connectivity index (χ4v) is 1.05. The van der Waals surface area contributed by atoms with Crippen molar-refractivity contribution in [1.29, 1.82) is 0 Å². The van der Waals surface area contributed by atoms with Crippen molar-refractivity contribution >= 4 is 11.8 Å². The summed E-state index contributed by atoms with van der Waals surface area (Å²) < 4.78 is 18.9. The number of carbonyl (C=O) groups excluding carboxylic acids is 2. The topological polar surface area (TPSA) is 71.1 Å². The molecule has 0 aromatic carbocycles. The lowest BCUT2D eigenvalue weighted by atomic mass is 10.1. The van der Waals surface area contributed by atoms with Crippen LogP contribution < -0.4 is 0 Å². The van der Waals surface area contributed by atoms with Crippen molar-refractivity contribution in [1.82, 2.24) is 0 Å². The minimum absolute atomic E-state index is 0.0103. The number of hydrogen-bond acceptors (Lipinski definition) is 6. The Morgan fingerprint density at radius 3 is 1.81 bits per heavy atom. The van der Waals surface area contributed by atoms with Crippen molar-refractivity contribution < 1.29 is 28.5 Å². The molecule has 6 nitrogen and oxygen atoms in total. The van der Waals surface area contributed by atoms with Crippen molar-refractivity contribution in [2.45, 2.75) is 0 Å². The van der Waals surface area contributed by atoms with Crippen LogP contribution in [0.2, 0.25) is 0 Å². The molecule has 0 heterocycles. The molecule has 0 rings (SSSR count). The highest BCUT2D eigenvalue weighted by molar-refractivity contribution is 6.18. The van der Waals surface area contributed by atoms with Crippen LogP contribution in [0.1, 0.15) is 0 Å². The summed E-state index contributed by atoms with van der Waals surface area (Å²) in [5.41, 5.74) is -0.186. The first-order chi connectivity index (χ1) is 7.62. The van der Waals surface area contributed by atoms with E-state index in [0.29, 0.717) is 0 Å². The standard InChI is InChI=1S/C10H16O6/c1-13-5-7(11)9(10(12)16-4)8(15-3)6-14-2/h5-6H2,1-4H3. The third-order valence-electron chi connectivity index (χ3n) is 1.74. The Bertz CT molecular complexity index is 281. The maximum absolute atomic E-state index is 11.6. The average Bonchev–Trinajstić information content (AvgIpc) is 2.28. The zero-order chi connectivity index (χ0) is 12.6. The highest BCUT2D eigenvalue weighted by Crippen LogP contribution is 2.10. The quantitative estimate of drug-likeness (QED) is 0.201. The molecule has 0 saturated carbocycles. The van der Waals surface area contributed by atoms with E-state index in [-0.39, 0.29) is 24.5 Å². The first kappa shape index (κ1) is 14.6. The maximum Gasteiger partial charge on any atom is 0.345 e.